The average Bonchev–Trinajstić information content (AvgIpc) is 3.00. The second kappa shape index (κ2) is 6.44. The third kappa shape index (κ3) is 3.05. The Balaban J connectivity index is 1.40. The number of carbonyl (C=O) groups excluding carboxylic acids is 2. The summed E-state index contributed by atoms with van der Waals surface area (Å²) in [5.41, 5.74) is 7.14. The van der Waals surface area contributed by atoms with E-state index in [9.17, 15) is 9.59 Å². The van der Waals surface area contributed by atoms with Crippen LogP contribution in [0, 0.1) is 17.8 Å². The molecule has 4 rings (SSSR count). The number of aromatic nitrogens is 2. The van der Waals surface area contributed by atoms with Crippen LogP contribution in [-0.2, 0) is 16.6 Å². The number of hydrogen-bond donors (Lipinski definition) is 1. The largest absolute Gasteiger partial charge is 0.331 e. The summed E-state index contributed by atoms with van der Waals surface area (Å²) in [6.07, 6.45) is 8.86. The lowest BCUT2D eigenvalue weighted by atomic mass is 9.65. The van der Waals surface area contributed by atoms with E-state index in [1.165, 1.54) is 6.42 Å². The first kappa shape index (κ1) is 16.6. The molecule has 1 saturated heterocycles. The minimum absolute atomic E-state index is 0.0275. The molecule has 1 aliphatic heterocycles. The molecule has 136 valence electrons. The van der Waals surface area contributed by atoms with Crippen LogP contribution < -0.4 is 10.6 Å². The standard InChI is InChI=1S/C18H27N5O2/c1-21-10-15(9-20-21)23-6-5-22(11-16(23)24)18(25)14-7-12-3-2-4-13(8-14)17(12)19/h9-10,12-14,17H,2-8,11,19H2,1H3. The Morgan fingerprint density at radius 2 is 1.96 bits per heavy atom. The summed E-state index contributed by atoms with van der Waals surface area (Å²) in [6.45, 7) is 1.30. The van der Waals surface area contributed by atoms with Gasteiger partial charge in [-0.3, -0.25) is 14.3 Å². The molecule has 2 bridgehead atoms. The molecular weight excluding hydrogens is 318 g/mol. The number of rotatable bonds is 2. The van der Waals surface area contributed by atoms with Gasteiger partial charge in [0.05, 0.1) is 11.9 Å². The molecule has 2 amide bonds. The number of aryl methyl sites for hydroxylation is 1. The second-order valence-electron chi connectivity index (χ2n) is 7.87. The van der Waals surface area contributed by atoms with Crippen LogP contribution in [0.3, 0.4) is 0 Å². The molecule has 2 heterocycles. The van der Waals surface area contributed by atoms with Crippen LogP contribution in [0.1, 0.15) is 32.1 Å². The summed E-state index contributed by atoms with van der Waals surface area (Å²) >= 11 is 0. The maximum atomic E-state index is 13.0. The van der Waals surface area contributed by atoms with E-state index < -0.39 is 0 Å². The summed E-state index contributed by atoms with van der Waals surface area (Å²) in [4.78, 5) is 29.0. The highest BCUT2D eigenvalue weighted by Crippen LogP contribution is 2.42. The highest BCUT2D eigenvalue weighted by molar-refractivity contribution is 5.98. The van der Waals surface area contributed by atoms with Gasteiger partial charge in [0.2, 0.25) is 11.8 Å². The SMILES string of the molecule is Cn1cc(N2CCN(C(=O)C3CC4CCCC(C3)C4N)CC2=O)cn1. The van der Waals surface area contributed by atoms with E-state index in [4.69, 9.17) is 5.73 Å². The topological polar surface area (TPSA) is 84.5 Å². The Morgan fingerprint density at radius 3 is 2.56 bits per heavy atom. The Bertz CT molecular complexity index is 658. The van der Waals surface area contributed by atoms with Gasteiger partial charge < -0.3 is 15.5 Å². The van der Waals surface area contributed by atoms with Crippen molar-refractivity contribution >= 4 is 17.5 Å². The maximum Gasteiger partial charge on any atom is 0.246 e. The van der Waals surface area contributed by atoms with Gasteiger partial charge in [-0.1, -0.05) is 6.42 Å². The third-order valence-corrected chi connectivity index (χ3v) is 6.30. The molecule has 25 heavy (non-hydrogen) atoms. The zero-order valence-electron chi connectivity index (χ0n) is 14.8. The minimum atomic E-state index is -0.0275. The minimum Gasteiger partial charge on any atom is -0.331 e. The van der Waals surface area contributed by atoms with Gasteiger partial charge in [0.25, 0.3) is 0 Å². The molecule has 1 aromatic heterocycles. The van der Waals surface area contributed by atoms with Gasteiger partial charge in [-0.2, -0.15) is 5.10 Å². The van der Waals surface area contributed by atoms with Crippen LogP contribution in [0.2, 0.25) is 0 Å². The van der Waals surface area contributed by atoms with E-state index in [1.807, 2.05) is 13.2 Å². The lowest BCUT2D eigenvalue weighted by molar-refractivity contribution is -0.142. The summed E-state index contributed by atoms with van der Waals surface area (Å²) in [7, 11) is 1.83. The lowest BCUT2D eigenvalue weighted by Gasteiger charge is -2.45. The number of hydrogen-bond acceptors (Lipinski definition) is 4. The Labute approximate surface area is 148 Å². The molecule has 1 aromatic rings. The molecule has 3 fully saturated rings. The quantitative estimate of drug-likeness (QED) is 0.857. The van der Waals surface area contributed by atoms with E-state index in [2.05, 4.69) is 5.10 Å². The first-order valence-corrected chi connectivity index (χ1v) is 9.36. The molecular formula is C18H27N5O2. The third-order valence-electron chi connectivity index (χ3n) is 6.30. The van der Waals surface area contributed by atoms with Crippen molar-refractivity contribution in [2.75, 3.05) is 24.5 Å². The van der Waals surface area contributed by atoms with Crippen molar-refractivity contribution in [3.05, 3.63) is 12.4 Å². The van der Waals surface area contributed by atoms with Crippen LogP contribution in [-0.4, -0.2) is 52.2 Å². The van der Waals surface area contributed by atoms with Gasteiger partial charge >= 0.3 is 0 Å². The van der Waals surface area contributed by atoms with Gasteiger partial charge in [-0.25, -0.2) is 0 Å². The molecule has 2 aliphatic carbocycles. The number of fused-ring (bicyclic) bond motifs is 2. The lowest BCUT2D eigenvalue weighted by Crippen LogP contribution is -2.55. The molecule has 0 radical (unpaired) electrons. The zero-order valence-corrected chi connectivity index (χ0v) is 14.8. The molecule has 2 saturated carbocycles. The number of anilines is 1. The Hall–Kier alpha value is -1.89. The summed E-state index contributed by atoms with van der Waals surface area (Å²) in [5.74, 6) is 1.14. The van der Waals surface area contributed by atoms with Crippen LogP contribution in [0.25, 0.3) is 0 Å². The van der Waals surface area contributed by atoms with Crippen molar-refractivity contribution in [1.29, 1.82) is 0 Å². The first-order valence-electron chi connectivity index (χ1n) is 9.36. The Kier molecular flexibility index (Phi) is 4.27. The monoisotopic (exact) mass is 345 g/mol. The van der Waals surface area contributed by atoms with E-state index >= 15 is 0 Å². The zero-order chi connectivity index (χ0) is 17.6. The first-order chi connectivity index (χ1) is 12.0. The number of nitrogens with two attached hydrogens (primary N) is 1. The van der Waals surface area contributed by atoms with Gasteiger partial charge in [0, 0.05) is 38.3 Å². The molecule has 0 aromatic carbocycles. The van der Waals surface area contributed by atoms with Crippen LogP contribution >= 0.6 is 0 Å². The van der Waals surface area contributed by atoms with E-state index in [0.29, 0.717) is 24.9 Å². The molecule has 2 atom stereocenters. The predicted octanol–water partition coefficient (Wildman–Crippen LogP) is 0.749. The average molecular weight is 345 g/mol. The molecule has 0 spiro atoms. The van der Waals surface area contributed by atoms with Gasteiger partial charge in [-0.05, 0) is 37.5 Å². The predicted molar refractivity (Wildman–Crippen MR) is 93.7 cm³/mol. The van der Waals surface area contributed by atoms with Crippen LogP contribution in [0.5, 0.6) is 0 Å². The molecule has 2 unspecified atom stereocenters. The van der Waals surface area contributed by atoms with Crippen molar-refractivity contribution in [3.63, 3.8) is 0 Å². The van der Waals surface area contributed by atoms with Crippen molar-refractivity contribution in [3.8, 4) is 0 Å². The molecule has 2 N–H and O–H groups in total. The second-order valence-corrected chi connectivity index (χ2v) is 7.87. The highest BCUT2D eigenvalue weighted by atomic mass is 16.2. The van der Waals surface area contributed by atoms with Gasteiger partial charge in [-0.15, -0.1) is 0 Å². The fraction of sp³-hybridized carbons (Fsp3) is 0.722. The number of piperazine rings is 1. The smallest absolute Gasteiger partial charge is 0.246 e. The van der Waals surface area contributed by atoms with E-state index in [0.717, 1.165) is 31.4 Å². The normalized spacial score (nSPS) is 32.8. The van der Waals surface area contributed by atoms with E-state index in [-0.39, 0.29) is 30.3 Å². The molecule has 3 aliphatic rings. The van der Waals surface area contributed by atoms with Crippen molar-refractivity contribution in [1.82, 2.24) is 14.7 Å². The van der Waals surface area contributed by atoms with Crippen molar-refractivity contribution in [2.45, 2.75) is 38.1 Å². The fourth-order valence-electron chi connectivity index (χ4n) is 4.93. The maximum absolute atomic E-state index is 13.0. The number of amides is 2. The highest BCUT2D eigenvalue weighted by Gasteiger charge is 2.42. The number of carbonyl (C=O) groups is 2. The van der Waals surface area contributed by atoms with E-state index in [1.54, 1.807) is 20.7 Å². The molecule has 7 nitrogen and oxygen atoms in total. The number of nitrogens with zero attached hydrogens (tertiary/aromatic N) is 4. The van der Waals surface area contributed by atoms with Crippen molar-refractivity contribution < 1.29 is 9.59 Å². The Morgan fingerprint density at radius 1 is 1.24 bits per heavy atom. The summed E-state index contributed by atoms with van der Waals surface area (Å²) < 4.78 is 1.68. The van der Waals surface area contributed by atoms with Gasteiger partial charge in [0.15, 0.2) is 0 Å². The van der Waals surface area contributed by atoms with Crippen LogP contribution in [0.15, 0.2) is 12.4 Å². The fourth-order valence-corrected chi connectivity index (χ4v) is 4.93. The van der Waals surface area contributed by atoms with Crippen molar-refractivity contribution in [2.24, 2.45) is 30.5 Å². The van der Waals surface area contributed by atoms with Crippen LogP contribution in [0.4, 0.5) is 5.69 Å². The summed E-state index contributed by atoms with van der Waals surface area (Å²) in [6, 6.07) is 0.266. The summed E-state index contributed by atoms with van der Waals surface area (Å²) in [5, 5.41) is 4.12. The van der Waals surface area contributed by atoms with Gasteiger partial charge in [0.1, 0.15) is 6.54 Å². The molecule has 7 heteroatoms.